The minimum atomic E-state index is -2.49. The van der Waals surface area contributed by atoms with E-state index in [-0.39, 0.29) is 0 Å². The summed E-state index contributed by atoms with van der Waals surface area (Å²) < 4.78 is 40.3. The molecule has 2 aromatic carbocycles. The van der Waals surface area contributed by atoms with E-state index in [1.807, 2.05) is 0 Å². The van der Waals surface area contributed by atoms with Crippen molar-refractivity contribution in [2.24, 2.45) is 0 Å². The number of hydrogen-bond donors (Lipinski definition) is 1. The maximum absolute atomic E-state index is 12.4. The lowest BCUT2D eigenvalue weighted by Crippen LogP contribution is -2.12. The largest absolute Gasteiger partial charge is 0.493 e. The van der Waals surface area contributed by atoms with Crippen LogP contribution >= 0.6 is 11.8 Å². The molecule has 25 heavy (non-hydrogen) atoms. The van der Waals surface area contributed by atoms with Gasteiger partial charge in [-0.2, -0.15) is 8.78 Å². The zero-order valence-electron chi connectivity index (χ0n) is 13.8. The van der Waals surface area contributed by atoms with Gasteiger partial charge in [0.25, 0.3) is 11.7 Å². The van der Waals surface area contributed by atoms with Gasteiger partial charge in [-0.3, -0.25) is 4.79 Å². The zero-order chi connectivity index (χ0) is 18.4. The van der Waals surface area contributed by atoms with Gasteiger partial charge in [0.15, 0.2) is 11.5 Å². The summed E-state index contributed by atoms with van der Waals surface area (Å²) in [7, 11) is 4.38. The Bertz CT molecular complexity index is 713. The zero-order valence-corrected chi connectivity index (χ0v) is 14.7. The summed E-state index contributed by atoms with van der Waals surface area (Å²) in [5.41, 5.74) is 0.790. The molecule has 0 saturated carbocycles. The highest BCUT2D eigenvalue weighted by atomic mass is 32.2. The Morgan fingerprint density at radius 3 is 2.00 bits per heavy atom. The van der Waals surface area contributed by atoms with Crippen LogP contribution in [0.25, 0.3) is 0 Å². The van der Waals surface area contributed by atoms with E-state index >= 15 is 0 Å². The number of nitrogens with one attached hydrogen (secondary N) is 1. The molecular weight excluding hydrogens is 352 g/mol. The van der Waals surface area contributed by atoms with Crippen LogP contribution in [0.1, 0.15) is 10.4 Å². The molecule has 0 saturated heterocycles. The van der Waals surface area contributed by atoms with Crippen molar-refractivity contribution in [1.29, 1.82) is 0 Å². The molecule has 0 atom stereocenters. The van der Waals surface area contributed by atoms with E-state index in [0.717, 1.165) is 0 Å². The Labute approximate surface area is 148 Å². The third-order valence-electron chi connectivity index (χ3n) is 3.26. The summed E-state index contributed by atoms with van der Waals surface area (Å²) in [6.45, 7) is 0. The SMILES string of the molecule is COc1cc(C(=O)Nc2ccc(SC(F)F)cc2)cc(OC)c1OC. The second-order valence-electron chi connectivity index (χ2n) is 4.77. The number of alkyl halides is 2. The predicted molar refractivity (Wildman–Crippen MR) is 92.4 cm³/mol. The number of anilines is 1. The van der Waals surface area contributed by atoms with Crippen LogP contribution in [0.2, 0.25) is 0 Å². The summed E-state index contributed by atoms with van der Waals surface area (Å²) >= 11 is 0.443. The van der Waals surface area contributed by atoms with Gasteiger partial charge in [-0.1, -0.05) is 11.8 Å². The highest BCUT2D eigenvalue weighted by Gasteiger charge is 2.17. The van der Waals surface area contributed by atoms with Crippen LogP contribution in [0.15, 0.2) is 41.3 Å². The smallest absolute Gasteiger partial charge is 0.288 e. The number of carbonyl (C=O) groups excluding carboxylic acids is 1. The number of carbonyl (C=O) groups is 1. The molecule has 0 unspecified atom stereocenters. The van der Waals surface area contributed by atoms with Crippen LogP contribution in [0, 0.1) is 0 Å². The Morgan fingerprint density at radius 1 is 1.00 bits per heavy atom. The average Bonchev–Trinajstić information content (AvgIpc) is 2.61. The van der Waals surface area contributed by atoms with E-state index in [0.29, 0.717) is 45.2 Å². The molecule has 2 aromatic rings. The first-order valence-electron chi connectivity index (χ1n) is 7.14. The first-order chi connectivity index (χ1) is 12.0. The van der Waals surface area contributed by atoms with Crippen molar-refractivity contribution in [2.45, 2.75) is 10.7 Å². The third kappa shape index (κ3) is 4.76. The summed E-state index contributed by atoms with van der Waals surface area (Å²) in [5.74, 6) is -1.78. The van der Waals surface area contributed by atoms with E-state index in [4.69, 9.17) is 14.2 Å². The normalized spacial score (nSPS) is 10.5. The number of methoxy groups -OCH3 is 3. The fourth-order valence-electron chi connectivity index (χ4n) is 2.14. The molecule has 0 bridgehead atoms. The van der Waals surface area contributed by atoms with Crippen LogP contribution in [-0.4, -0.2) is 33.0 Å². The number of thioether (sulfide) groups is 1. The molecule has 0 aliphatic rings. The Hall–Kier alpha value is -2.48. The van der Waals surface area contributed by atoms with Gasteiger partial charge < -0.3 is 19.5 Å². The van der Waals surface area contributed by atoms with E-state index in [1.165, 1.54) is 45.6 Å². The molecule has 0 aromatic heterocycles. The van der Waals surface area contributed by atoms with Crippen LogP contribution < -0.4 is 19.5 Å². The number of amides is 1. The lowest BCUT2D eigenvalue weighted by molar-refractivity contribution is 0.102. The quantitative estimate of drug-likeness (QED) is 0.739. The average molecular weight is 369 g/mol. The molecule has 134 valence electrons. The van der Waals surface area contributed by atoms with Crippen molar-refractivity contribution in [3.63, 3.8) is 0 Å². The number of benzene rings is 2. The highest BCUT2D eigenvalue weighted by molar-refractivity contribution is 7.99. The van der Waals surface area contributed by atoms with Crippen LogP contribution in [0.5, 0.6) is 17.2 Å². The van der Waals surface area contributed by atoms with Crippen molar-refractivity contribution >= 4 is 23.4 Å². The molecule has 1 N–H and O–H groups in total. The van der Waals surface area contributed by atoms with Crippen LogP contribution in [0.3, 0.4) is 0 Å². The molecule has 8 heteroatoms. The van der Waals surface area contributed by atoms with Crippen molar-refractivity contribution in [3.8, 4) is 17.2 Å². The molecule has 0 spiro atoms. The van der Waals surface area contributed by atoms with Crippen molar-refractivity contribution in [3.05, 3.63) is 42.0 Å². The molecule has 1 amide bonds. The minimum Gasteiger partial charge on any atom is -0.493 e. The summed E-state index contributed by atoms with van der Waals surface area (Å²) in [4.78, 5) is 12.8. The van der Waals surface area contributed by atoms with Gasteiger partial charge in [-0.05, 0) is 36.4 Å². The molecule has 0 aliphatic heterocycles. The molecule has 5 nitrogen and oxygen atoms in total. The fourth-order valence-corrected chi connectivity index (χ4v) is 2.63. The first kappa shape index (κ1) is 18.9. The van der Waals surface area contributed by atoms with Gasteiger partial charge in [0, 0.05) is 16.1 Å². The van der Waals surface area contributed by atoms with Gasteiger partial charge in [-0.25, -0.2) is 0 Å². The Kier molecular flexibility index (Phi) is 6.46. The number of halogens is 2. The standard InChI is InChI=1S/C17H17F2NO4S/c1-22-13-8-10(9-14(23-2)15(13)24-3)16(21)20-11-4-6-12(7-5-11)25-17(18)19/h4-9,17H,1-3H3,(H,20,21). The second-order valence-corrected chi connectivity index (χ2v) is 5.83. The van der Waals surface area contributed by atoms with E-state index < -0.39 is 11.7 Å². The maximum atomic E-state index is 12.4. The second kappa shape index (κ2) is 8.57. The summed E-state index contributed by atoms with van der Waals surface area (Å²) in [6.07, 6.45) is 0. The van der Waals surface area contributed by atoms with Crippen LogP contribution in [-0.2, 0) is 0 Å². The van der Waals surface area contributed by atoms with Crippen LogP contribution in [0.4, 0.5) is 14.5 Å². The van der Waals surface area contributed by atoms with Gasteiger partial charge in [-0.15, -0.1) is 0 Å². The fraction of sp³-hybridized carbons (Fsp3) is 0.235. The van der Waals surface area contributed by atoms with E-state index in [2.05, 4.69) is 5.32 Å². The molecule has 2 rings (SSSR count). The molecule has 0 aliphatic carbocycles. The lowest BCUT2D eigenvalue weighted by Gasteiger charge is -2.14. The Morgan fingerprint density at radius 2 is 1.56 bits per heavy atom. The third-order valence-corrected chi connectivity index (χ3v) is 3.99. The first-order valence-corrected chi connectivity index (χ1v) is 8.02. The van der Waals surface area contributed by atoms with Gasteiger partial charge in [0.05, 0.1) is 21.3 Å². The van der Waals surface area contributed by atoms with Gasteiger partial charge >= 0.3 is 0 Å². The molecule has 0 heterocycles. The minimum absolute atomic E-state index is 0.306. The monoisotopic (exact) mass is 369 g/mol. The lowest BCUT2D eigenvalue weighted by atomic mass is 10.1. The van der Waals surface area contributed by atoms with Gasteiger partial charge in [0.1, 0.15) is 0 Å². The molecule has 0 fully saturated rings. The molecule has 0 radical (unpaired) electrons. The van der Waals surface area contributed by atoms with Crippen molar-refractivity contribution < 1.29 is 27.8 Å². The van der Waals surface area contributed by atoms with Crippen molar-refractivity contribution in [1.82, 2.24) is 0 Å². The predicted octanol–water partition coefficient (Wildman–Crippen LogP) is 4.28. The summed E-state index contributed by atoms with van der Waals surface area (Å²) in [6, 6.07) is 9.19. The number of ether oxygens (including phenoxy) is 3. The van der Waals surface area contributed by atoms with Crippen molar-refractivity contribution in [2.75, 3.05) is 26.6 Å². The highest BCUT2D eigenvalue weighted by Crippen LogP contribution is 2.38. The van der Waals surface area contributed by atoms with E-state index in [1.54, 1.807) is 12.1 Å². The Balaban J connectivity index is 2.20. The topological polar surface area (TPSA) is 56.8 Å². The maximum Gasteiger partial charge on any atom is 0.288 e. The molecular formula is C17H17F2NO4S. The summed E-state index contributed by atoms with van der Waals surface area (Å²) in [5, 5.41) is 2.69. The number of hydrogen-bond acceptors (Lipinski definition) is 5. The van der Waals surface area contributed by atoms with E-state index in [9.17, 15) is 13.6 Å². The van der Waals surface area contributed by atoms with Gasteiger partial charge in [0.2, 0.25) is 5.75 Å². The number of rotatable bonds is 7.